The topological polar surface area (TPSA) is 81.2 Å². The third-order valence-electron chi connectivity index (χ3n) is 3.54. The van der Waals surface area contributed by atoms with Crippen molar-refractivity contribution in [2.45, 2.75) is 24.0 Å². The van der Waals surface area contributed by atoms with Crippen molar-refractivity contribution in [1.82, 2.24) is 0 Å². The van der Waals surface area contributed by atoms with E-state index in [1.165, 1.54) is 31.4 Å². The molecule has 0 heterocycles. The summed E-state index contributed by atoms with van der Waals surface area (Å²) in [6.07, 6.45) is 5.83. The predicted octanol–water partition coefficient (Wildman–Crippen LogP) is 2.87. The van der Waals surface area contributed by atoms with E-state index in [9.17, 15) is 10.1 Å². The molecule has 5 nitrogen and oxygen atoms in total. The van der Waals surface area contributed by atoms with Crippen LogP contribution in [0.15, 0.2) is 18.2 Å². The van der Waals surface area contributed by atoms with Crippen LogP contribution >= 0.6 is 11.8 Å². The number of anilines is 2. The van der Waals surface area contributed by atoms with Gasteiger partial charge in [0.05, 0.1) is 16.3 Å². The molecule has 0 radical (unpaired) electrons. The van der Waals surface area contributed by atoms with Gasteiger partial charge in [-0.1, -0.05) is 6.42 Å². The monoisotopic (exact) mass is 267 g/mol. The number of nitrogens with zero attached hydrogens (tertiary/aromatic N) is 1. The zero-order valence-corrected chi connectivity index (χ0v) is 11.1. The van der Waals surface area contributed by atoms with Gasteiger partial charge in [-0.05, 0) is 25.2 Å². The van der Waals surface area contributed by atoms with Gasteiger partial charge in [0, 0.05) is 23.4 Å². The highest BCUT2D eigenvalue weighted by Gasteiger charge is 2.35. The Labute approximate surface area is 110 Å². The third kappa shape index (κ3) is 2.53. The third-order valence-corrected chi connectivity index (χ3v) is 4.96. The summed E-state index contributed by atoms with van der Waals surface area (Å²) < 4.78 is 0.314. The average molecular weight is 267 g/mol. The number of hydrogen-bond acceptors (Lipinski definition) is 5. The van der Waals surface area contributed by atoms with Gasteiger partial charge < -0.3 is 11.1 Å². The van der Waals surface area contributed by atoms with Crippen molar-refractivity contribution in [3.05, 3.63) is 28.3 Å². The van der Waals surface area contributed by atoms with Crippen molar-refractivity contribution in [3.63, 3.8) is 0 Å². The highest BCUT2D eigenvalue weighted by molar-refractivity contribution is 8.00. The Morgan fingerprint density at radius 2 is 2.28 bits per heavy atom. The molecule has 18 heavy (non-hydrogen) atoms. The molecule has 1 aromatic rings. The number of hydrogen-bond donors (Lipinski definition) is 2. The van der Waals surface area contributed by atoms with Gasteiger partial charge in [0.15, 0.2) is 0 Å². The van der Waals surface area contributed by atoms with Gasteiger partial charge in [0.2, 0.25) is 0 Å². The molecule has 98 valence electrons. The summed E-state index contributed by atoms with van der Waals surface area (Å²) >= 11 is 1.88. The van der Waals surface area contributed by atoms with Gasteiger partial charge in [-0.2, -0.15) is 11.8 Å². The number of benzene rings is 1. The lowest BCUT2D eigenvalue weighted by atomic mass is 9.84. The van der Waals surface area contributed by atoms with Crippen LogP contribution in [0.1, 0.15) is 19.3 Å². The van der Waals surface area contributed by atoms with Crippen LogP contribution in [-0.4, -0.2) is 22.5 Å². The summed E-state index contributed by atoms with van der Waals surface area (Å²) in [6.45, 7) is 0.857. The number of nitro benzene ring substituents is 1. The summed E-state index contributed by atoms with van der Waals surface area (Å²) in [7, 11) is 0. The van der Waals surface area contributed by atoms with Crippen molar-refractivity contribution >= 4 is 28.8 Å². The molecule has 0 unspecified atom stereocenters. The number of rotatable bonds is 5. The zero-order valence-electron chi connectivity index (χ0n) is 10.3. The van der Waals surface area contributed by atoms with Crippen LogP contribution in [0.2, 0.25) is 0 Å². The van der Waals surface area contributed by atoms with Gasteiger partial charge in [-0.3, -0.25) is 10.1 Å². The number of non-ortho nitro benzene ring substituents is 1. The van der Waals surface area contributed by atoms with Crippen LogP contribution < -0.4 is 11.1 Å². The minimum Gasteiger partial charge on any atom is -0.397 e. The predicted molar refractivity (Wildman–Crippen MR) is 76.1 cm³/mol. The highest BCUT2D eigenvalue weighted by atomic mass is 32.2. The van der Waals surface area contributed by atoms with E-state index in [1.807, 2.05) is 11.8 Å². The smallest absolute Gasteiger partial charge is 0.271 e. The first-order chi connectivity index (χ1) is 8.56. The van der Waals surface area contributed by atoms with Crippen molar-refractivity contribution in [3.8, 4) is 0 Å². The average Bonchev–Trinajstić information content (AvgIpc) is 2.29. The fraction of sp³-hybridized carbons (Fsp3) is 0.500. The van der Waals surface area contributed by atoms with Crippen molar-refractivity contribution < 1.29 is 4.92 Å². The quantitative estimate of drug-likeness (QED) is 0.487. The van der Waals surface area contributed by atoms with E-state index >= 15 is 0 Å². The molecule has 1 saturated carbocycles. The second-order valence-electron chi connectivity index (χ2n) is 4.62. The van der Waals surface area contributed by atoms with Gasteiger partial charge in [0.1, 0.15) is 0 Å². The molecule has 1 fully saturated rings. The fourth-order valence-electron chi connectivity index (χ4n) is 2.11. The van der Waals surface area contributed by atoms with Crippen LogP contribution in [0.3, 0.4) is 0 Å². The molecule has 0 aromatic heterocycles. The molecule has 3 N–H and O–H groups in total. The van der Waals surface area contributed by atoms with Crippen LogP contribution in [-0.2, 0) is 0 Å². The summed E-state index contributed by atoms with van der Waals surface area (Å²) in [5.41, 5.74) is 7.05. The molecule has 6 heteroatoms. The minimum absolute atomic E-state index is 0.0290. The van der Waals surface area contributed by atoms with Crippen molar-refractivity contribution in [2.75, 3.05) is 23.9 Å². The molecule has 0 amide bonds. The highest BCUT2D eigenvalue weighted by Crippen LogP contribution is 2.43. The van der Waals surface area contributed by atoms with E-state index in [1.54, 1.807) is 6.07 Å². The summed E-state index contributed by atoms with van der Waals surface area (Å²) in [4.78, 5) is 10.2. The standard InChI is InChI=1S/C12H17N3O2S/c1-18-12(5-2-6-12)8-14-11-4-3-9(15(16)17)7-10(11)13/h3-4,7,14H,2,5-6,8,13H2,1H3. The van der Waals surface area contributed by atoms with Gasteiger partial charge >= 0.3 is 0 Å². The van der Waals surface area contributed by atoms with E-state index in [-0.39, 0.29) is 5.69 Å². The lowest BCUT2D eigenvalue weighted by molar-refractivity contribution is -0.384. The Bertz CT molecular complexity index is 455. The molecule has 0 atom stereocenters. The van der Waals surface area contributed by atoms with E-state index in [0.717, 1.165) is 12.2 Å². The Morgan fingerprint density at radius 1 is 1.56 bits per heavy atom. The van der Waals surface area contributed by atoms with Gasteiger partial charge in [-0.25, -0.2) is 0 Å². The van der Waals surface area contributed by atoms with Crippen LogP contribution in [0.25, 0.3) is 0 Å². The van der Waals surface area contributed by atoms with E-state index in [2.05, 4.69) is 11.6 Å². The van der Waals surface area contributed by atoms with Crippen LogP contribution in [0.4, 0.5) is 17.1 Å². The summed E-state index contributed by atoms with van der Waals surface area (Å²) in [5.74, 6) is 0. The van der Waals surface area contributed by atoms with Crippen LogP contribution in [0.5, 0.6) is 0 Å². The number of thioether (sulfide) groups is 1. The molecule has 1 aliphatic rings. The normalized spacial score (nSPS) is 16.9. The molecule has 0 saturated heterocycles. The van der Waals surface area contributed by atoms with E-state index in [4.69, 9.17) is 5.73 Å². The van der Waals surface area contributed by atoms with E-state index in [0.29, 0.717) is 10.4 Å². The Kier molecular flexibility index (Phi) is 3.65. The Balaban J connectivity index is 2.03. The lowest BCUT2D eigenvalue weighted by Crippen LogP contribution is -2.40. The van der Waals surface area contributed by atoms with Gasteiger partial charge in [0.25, 0.3) is 5.69 Å². The SMILES string of the molecule is CSC1(CNc2ccc([N+](=O)[O-])cc2N)CCC1. The first-order valence-electron chi connectivity index (χ1n) is 5.89. The molecule has 1 aliphatic carbocycles. The minimum atomic E-state index is -0.435. The Hall–Kier alpha value is -1.43. The second kappa shape index (κ2) is 5.06. The maximum atomic E-state index is 10.6. The van der Waals surface area contributed by atoms with Gasteiger partial charge in [-0.15, -0.1) is 0 Å². The molecular weight excluding hydrogens is 250 g/mol. The zero-order chi connectivity index (χ0) is 13.2. The largest absolute Gasteiger partial charge is 0.397 e. The number of nitrogens with two attached hydrogens (primary N) is 1. The molecule has 2 rings (SSSR count). The number of nitro groups is 1. The van der Waals surface area contributed by atoms with Crippen molar-refractivity contribution in [1.29, 1.82) is 0 Å². The second-order valence-corrected chi connectivity index (χ2v) is 5.90. The first-order valence-corrected chi connectivity index (χ1v) is 7.12. The number of nitrogen functional groups attached to an aromatic ring is 1. The molecule has 0 spiro atoms. The van der Waals surface area contributed by atoms with Crippen LogP contribution in [0, 0.1) is 10.1 Å². The summed E-state index contributed by atoms with van der Waals surface area (Å²) in [5, 5.41) is 13.9. The molecule has 0 aliphatic heterocycles. The molecule has 1 aromatic carbocycles. The van der Waals surface area contributed by atoms with Crippen molar-refractivity contribution in [2.24, 2.45) is 0 Å². The fourth-order valence-corrected chi connectivity index (χ4v) is 3.02. The maximum absolute atomic E-state index is 10.6. The Morgan fingerprint density at radius 3 is 2.72 bits per heavy atom. The first kappa shape index (κ1) is 13.0. The summed E-state index contributed by atoms with van der Waals surface area (Å²) in [6, 6.07) is 4.56. The maximum Gasteiger partial charge on any atom is 0.271 e. The molecule has 0 bridgehead atoms. The molecular formula is C12H17N3O2S. The number of nitrogens with one attached hydrogen (secondary N) is 1. The lowest BCUT2D eigenvalue weighted by Gasteiger charge is -2.40. The van der Waals surface area contributed by atoms with E-state index < -0.39 is 4.92 Å².